The SMILES string of the molecule is COc1cccc2cc(C(=O)C3=C(O)C(=O)N(Cc4ccccn4)C3c3sccc3C)oc12. The van der Waals surface area contributed by atoms with Gasteiger partial charge in [-0.2, -0.15) is 0 Å². The molecule has 0 saturated carbocycles. The van der Waals surface area contributed by atoms with Gasteiger partial charge < -0.3 is 19.2 Å². The monoisotopic (exact) mass is 460 g/mol. The molecule has 0 bridgehead atoms. The Morgan fingerprint density at radius 2 is 2.09 bits per heavy atom. The van der Waals surface area contributed by atoms with E-state index in [1.807, 2.05) is 24.4 Å². The fraction of sp³-hybridized carbons (Fsp3) is 0.160. The zero-order valence-electron chi connectivity index (χ0n) is 17.9. The molecule has 5 rings (SSSR count). The lowest BCUT2D eigenvalue weighted by Gasteiger charge is -2.26. The van der Waals surface area contributed by atoms with Gasteiger partial charge in [0.05, 0.1) is 24.9 Å². The molecule has 0 radical (unpaired) electrons. The van der Waals surface area contributed by atoms with Crippen molar-refractivity contribution < 1.29 is 23.8 Å². The number of aliphatic hydroxyl groups excluding tert-OH is 1. The quantitative estimate of drug-likeness (QED) is 0.408. The lowest BCUT2D eigenvalue weighted by molar-refractivity contribution is -0.130. The van der Waals surface area contributed by atoms with E-state index < -0.39 is 23.5 Å². The van der Waals surface area contributed by atoms with Crippen LogP contribution < -0.4 is 4.74 Å². The van der Waals surface area contributed by atoms with Gasteiger partial charge in [0.15, 0.2) is 22.9 Å². The van der Waals surface area contributed by atoms with Crippen LogP contribution in [0.4, 0.5) is 0 Å². The number of methoxy groups -OCH3 is 1. The second kappa shape index (κ2) is 8.22. The molecular formula is C25H20N2O5S. The zero-order valence-corrected chi connectivity index (χ0v) is 18.8. The molecule has 0 fully saturated rings. The molecule has 1 aliphatic rings. The minimum absolute atomic E-state index is 0.000459. The van der Waals surface area contributed by atoms with E-state index in [1.165, 1.54) is 23.3 Å². The number of pyridine rings is 1. The van der Waals surface area contributed by atoms with Gasteiger partial charge in [-0.15, -0.1) is 11.3 Å². The minimum atomic E-state index is -0.748. The average Bonchev–Trinajstić information content (AvgIpc) is 3.51. The van der Waals surface area contributed by atoms with Crippen LogP contribution in [-0.4, -0.2) is 33.8 Å². The number of aliphatic hydroxyl groups is 1. The van der Waals surface area contributed by atoms with Crippen molar-refractivity contribution in [3.63, 3.8) is 0 Å². The molecular weight excluding hydrogens is 440 g/mol. The van der Waals surface area contributed by atoms with Crippen molar-refractivity contribution >= 4 is 34.0 Å². The molecule has 166 valence electrons. The Morgan fingerprint density at radius 1 is 1.24 bits per heavy atom. The number of benzene rings is 1. The maximum atomic E-state index is 13.6. The van der Waals surface area contributed by atoms with Crippen LogP contribution in [0.5, 0.6) is 5.75 Å². The Balaban J connectivity index is 1.61. The first-order valence-corrected chi connectivity index (χ1v) is 11.2. The van der Waals surface area contributed by atoms with Crippen LogP contribution >= 0.6 is 11.3 Å². The summed E-state index contributed by atoms with van der Waals surface area (Å²) < 4.78 is 11.2. The largest absolute Gasteiger partial charge is 0.503 e. The molecule has 1 aliphatic heterocycles. The molecule has 1 aromatic carbocycles. The molecule has 1 N–H and O–H groups in total. The van der Waals surface area contributed by atoms with E-state index in [-0.39, 0.29) is 17.9 Å². The van der Waals surface area contributed by atoms with Gasteiger partial charge in [0.1, 0.15) is 6.04 Å². The van der Waals surface area contributed by atoms with Crippen molar-refractivity contribution in [2.75, 3.05) is 7.11 Å². The molecule has 0 spiro atoms. The minimum Gasteiger partial charge on any atom is -0.503 e. The first-order valence-electron chi connectivity index (χ1n) is 10.3. The summed E-state index contributed by atoms with van der Waals surface area (Å²) in [5.74, 6) is -1.20. The Kier molecular flexibility index (Phi) is 5.22. The van der Waals surface area contributed by atoms with E-state index in [4.69, 9.17) is 9.15 Å². The number of Topliss-reactive ketones (excluding diaryl/α,β-unsaturated/α-hetero) is 1. The average molecular weight is 461 g/mol. The summed E-state index contributed by atoms with van der Waals surface area (Å²) >= 11 is 1.43. The van der Waals surface area contributed by atoms with Crippen molar-refractivity contribution in [2.24, 2.45) is 0 Å². The summed E-state index contributed by atoms with van der Waals surface area (Å²) in [5, 5.41) is 13.5. The van der Waals surface area contributed by atoms with Gasteiger partial charge in [-0.3, -0.25) is 14.6 Å². The summed E-state index contributed by atoms with van der Waals surface area (Å²) in [6.45, 7) is 2.06. The number of ketones is 1. The lowest BCUT2D eigenvalue weighted by Crippen LogP contribution is -2.30. The van der Waals surface area contributed by atoms with Crippen molar-refractivity contribution in [1.82, 2.24) is 9.88 Å². The van der Waals surface area contributed by atoms with E-state index >= 15 is 0 Å². The number of ether oxygens (including phenoxy) is 1. The van der Waals surface area contributed by atoms with Crippen molar-refractivity contribution in [3.05, 3.63) is 93.3 Å². The van der Waals surface area contributed by atoms with Gasteiger partial charge in [0.25, 0.3) is 5.91 Å². The second-order valence-electron chi connectivity index (χ2n) is 7.71. The molecule has 0 saturated heterocycles. The van der Waals surface area contributed by atoms with Crippen LogP contribution in [0.15, 0.2) is 75.9 Å². The van der Waals surface area contributed by atoms with Crippen LogP contribution in [0.25, 0.3) is 11.0 Å². The number of carbonyl (C=O) groups excluding carboxylic acids is 2. The van der Waals surface area contributed by atoms with Crippen LogP contribution in [0.1, 0.15) is 32.7 Å². The van der Waals surface area contributed by atoms with Crippen molar-refractivity contribution in [3.8, 4) is 5.75 Å². The molecule has 0 aliphatic carbocycles. The Hall–Kier alpha value is -3.91. The van der Waals surface area contributed by atoms with E-state index in [0.717, 1.165) is 10.4 Å². The Bertz CT molecular complexity index is 1400. The Labute approximate surface area is 193 Å². The molecule has 8 heteroatoms. The van der Waals surface area contributed by atoms with E-state index in [9.17, 15) is 14.7 Å². The van der Waals surface area contributed by atoms with Crippen LogP contribution in [0.2, 0.25) is 0 Å². The summed E-state index contributed by atoms with van der Waals surface area (Å²) in [7, 11) is 1.52. The number of para-hydroxylation sites is 1. The molecule has 1 unspecified atom stereocenters. The van der Waals surface area contributed by atoms with Crippen LogP contribution in [-0.2, 0) is 11.3 Å². The second-order valence-corrected chi connectivity index (χ2v) is 8.65. The highest BCUT2D eigenvalue weighted by Gasteiger charge is 2.45. The van der Waals surface area contributed by atoms with Crippen molar-refractivity contribution in [1.29, 1.82) is 0 Å². The number of hydrogen-bond acceptors (Lipinski definition) is 7. The van der Waals surface area contributed by atoms with Crippen molar-refractivity contribution in [2.45, 2.75) is 19.5 Å². The standard InChI is InChI=1S/C25H20N2O5S/c1-14-9-11-33-24(14)20-19(22(29)25(30)27(20)13-16-7-3-4-10-26-16)21(28)18-12-15-6-5-8-17(31-2)23(15)32-18/h3-12,20,29H,13H2,1-2H3. The smallest absolute Gasteiger partial charge is 0.290 e. The molecule has 3 aromatic heterocycles. The topological polar surface area (TPSA) is 92.9 Å². The fourth-order valence-electron chi connectivity index (χ4n) is 4.09. The lowest BCUT2D eigenvalue weighted by atomic mass is 9.98. The number of thiophene rings is 1. The third kappa shape index (κ3) is 3.48. The normalized spacial score (nSPS) is 16.1. The summed E-state index contributed by atoms with van der Waals surface area (Å²) in [6.07, 6.45) is 1.64. The first-order chi connectivity index (χ1) is 16.0. The van der Waals surface area contributed by atoms with E-state index in [0.29, 0.717) is 22.4 Å². The number of furan rings is 1. The predicted molar refractivity (Wildman–Crippen MR) is 123 cm³/mol. The molecule has 1 atom stereocenters. The fourth-order valence-corrected chi connectivity index (χ4v) is 5.14. The first kappa shape index (κ1) is 21.0. The highest BCUT2D eigenvalue weighted by molar-refractivity contribution is 7.10. The van der Waals surface area contributed by atoms with Gasteiger partial charge in [0, 0.05) is 16.5 Å². The summed E-state index contributed by atoms with van der Waals surface area (Å²) in [4.78, 5) is 33.4. The van der Waals surface area contributed by atoms with Gasteiger partial charge >= 0.3 is 0 Å². The number of aromatic nitrogens is 1. The van der Waals surface area contributed by atoms with Gasteiger partial charge in [-0.25, -0.2) is 0 Å². The van der Waals surface area contributed by atoms with Gasteiger partial charge in [-0.05, 0) is 48.2 Å². The van der Waals surface area contributed by atoms with Gasteiger partial charge in [0.2, 0.25) is 5.78 Å². The third-order valence-electron chi connectivity index (χ3n) is 5.71. The highest BCUT2D eigenvalue weighted by Crippen LogP contribution is 2.43. The number of amides is 1. The Morgan fingerprint density at radius 3 is 2.79 bits per heavy atom. The molecule has 7 nitrogen and oxygen atoms in total. The molecule has 33 heavy (non-hydrogen) atoms. The molecule has 1 amide bonds. The summed E-state index contributed by atoms with van der Waals surface area (Å²) in [5.41, 5.74) is 2.01. The molecule has 4 aromatic rings. The summed E-state index contributed by atoms with van der Waals surface area (Å²) in [6, 6.07) is 13.5. The van der Waals surface area contributed by atoms with Gasteiger partial charge in [-0.1, -0.05) is 18.2 Å². The maximum Gasteiger partial charge on any atom is 0.290 e. The van der Waals surface area contributed by atoms with Crippen LogP contribution in [0.3, 0.4) is 0 Å². The number of rotatable bonds is 6. The van der Waals surface area contributed by atoms with E-state index in [1.54, 1.807) is 42.6 Å². The number of hydrogen-bond donors (Lipinski definition) is 1. The van der Waals surface area contributed by atoms with E-state index in [2.05, 4.69) is 4.98 Å². The number of carbonyl (C=O) groups is 2. The number of aryl methyl sites for hydroxylation is 1. The van der Waals surface area contributed by atoms with Crippen LogP contribution in [0, 0.1) is 6.92 Å². The maximum absolute atomic E-state index is 13.6. The zero-order chi connectivity index (χ0) is 23.1. The third-order valence-corrected chi connectivity index (χ3v) is 6.78. The molecule has 4 heterocycles. The predicted octanol–water partition coefficient (Wildman–Crippen LogP) is 4.98. The number of fused-ring (bicyclic) bond motifs is 1. The number of nitrogens with zero attached hydrogens (tertiary/aromatic N) is 2. The highest BCUT2D eigenvalue weighted by atomic mass is 32.1.